The molecule has 0 saturated carbocycles. The van der Waals surface area contributed by atoms with Crippen molar-refractivity contribution in [2.75, 3.05) is 13.7 Å². The minimum absolute atomic E-state index is 0.114. The quantitative estimate of drug-likeness (QED) is 0.411. The fraction of sp³-hybridized carbons (Fsp3) is 0.522. The van der Waals surface area contributed by atoms with Crippen LogP contribution in [0.3, 0.4) is 0 Å². The molecule has 1 aromatic heterocycles. The number of hydrogen-bond donors (Lipinski definition) is 0. The normalized spacial score (nSPS) is 12.2. The van der Waals surface area contributed by atoms with E-state index in [4.69, 9.17) is 9.47 Å². The van der Waals surface area contributed by atoms with Gasteiger partial charge in [0.1, 0.15) is 5.69 Å². The van der Waals surface area contributed by atoms with Gasteiger partial charge in [0.2, 0.25) is 0 Å². The van der Waals surface area contributed by atoms with Gasteiger partial charge in [-0.15, -0.1) is 0 Å². The van der Waals surface area contributed by atoms with Gasteiger partial charge in [0, 0.05) is 11.8 Å². The summed E-state index contributed by atoms with van der Waals surface area (Å²) in [5.41, 5.74) is 1.18. The molecule has 0 fully saturated rings. The zero-order chi connectivity index (χ0) is 20.5. The van der Waals surface area contributed by atoms with Crippen LogP contribution in [0.4, 0.5) is 0 Å². The second kappa shape index (κ2) is 10.8. The number of pyridine rings is 1. The zero-order valence-electron chi connectivity index (χ0n) is 17.4. The van der Waals surface area contributed by atoms with Gasteiger partial charge < -0.3 is 9.47 Å². The molecule has 0 saturated heterocycles. The Morgan fingerprint density at radius 2 is 1.82 bits per heavy atom. The highest BCUT2D eigenvalue weighted by molar-refractivity contribution is 5.94. The number of ether oxygens (including phenoxy) is 2. The Kier molecular flexibility index (Phi) is 8.42. The fourth-order valence-corrected chi connectivity index (χ4v) is 3.25. The van der Waals surface area contributed by atoms with Gasteiger partial charge in [-0.1, -0.05) is 45.0 Å². The van der Waals surface area contributed by atoms with Crippen LogP contribution in [-0.2, 0) is 14.3 Å². The van der Waals surface area contributed by atoms with Crippen LogP contribution in [-0.4, -0.2) is 30.6 Å². The van der Waals surface area contributed by atoms with Gasteiger partial charge >= 0.3 is 11.9 Å². The van der Waals surface area contributed by atoms with Crippen molar-refractivity contribution in [2.45, 2.75) is 58.8 Å². The van der Waals surface area contributed by atoms with Gasteiger partial charge in [-0.05, 0) is 49.0 Å². The van der Waals surface area contributed by atoms with E-state index in [2.05, 4.69) is 25.8 Å². The van der Waals surface area contributed by atoms with E-state index < -0.39 is 5.97 Å². The summed E-state index contributed by atoms with van der Waals surface area (Å²) < 4.78 is 10.1. The zero-order valence-corrected chi connectivity index (χ0v) is 17.4. The first-order valence-corrected chi connectivity index (χ1v) is 10.1. The second-order valence-electron chi connectivity index (χ2n) is 7.66. The number of esters is 2. The van der Waals surface area contributed by atoms with Gasteiger partial charge in [0.25, 0.3) is 0 Å². The molecule has 1 heterocycles. The molecule has 1 aromatic carbocycles. The van der Waals surface area contributed by atoms with Gasteiger partial charge in [0.05, 0.1) is 19.4 Å². The number of benzene rings is 1. The van der Waals surface area contributed by atoms with Crippen molar-refractivity contribution >= 4 is 22.7 Å². The number of carbonyl (C=O) groups excluding carboxylic acids is 2. The van der Waals surface area contributed by atoms with Crippen molar-refractivity contribution in [3.8, 4) is 0 Å². The number of nitrogens with zero attached hydrogens (tertiary/aromatic N) is 1. The third-order valence-electron chi connectivity index (χ3n) is 4.84. The molecule has 0 aliphatic heterocycles. The largest absolute Gasteiger partial charge is 0.466 e. The van der Waals surface area contributed by atoms with E-state index in [0.717, 1.165) is 42.1 Å². The number of hydrogen-bond acceptors (Lipinski definition) is 5. The highest BCUT2D eigenvalue weighted by Crippen LogP contribution is 2.28. The maximum Gasteiger partial charge on any atom is 0.356 e. The third kappa shape index (κ3) is 6.32. The van der Waals surface area contributed by atoms with E-state index in [-0.39, 0.29) is 11.9 Å². The average Bonchev–Trinajstić information content (AvgIpc) is 2.69. The molecule has 2 aromatic rings. The summed E-state index contributed by atoms with van der Waals surface area (Å²) in [7, 11) is 1.36. The summed E-state index contributed by atoms with van der Waals surface area (Å²) in [5, 5.41) is 1.99. The molecule has 0 bridgehead atoms. The lowest BCUT2D eigenvalue weighted by atomic mass is 9.95. The van der Waals surface area contributed by atoms with Crippen LogP contribution in [0.1, 0.15) is 75.0 Å². The van der Waals surface area contributed by atoms with Gasteiger partial charge in [-0.3, -0.25) is 4.79 Å². The predicted octanol–water partition coefficient (Wildman–Crippen LogP) is 5.27. The molecule has 0 aliphatic carbocycles. The highest BCUT2D eigenvalue weighted by Gasteiger charge is 2.17. The molecule has 0 amide bonds. The smallest absolute Gasteiger partial charge is 0.356 e. The molecule has 2 rings (SSSR count). The summed E-state index contributed by atoms with van der Waals surface area (Å²) in [6.45, 7) is 6.90. The van der Waals surface area contributed by atoms with Crippen molar-refractivity contribution in [3.63, 3.8) is 0 Å². The first kappa shape index (κ1) is 21.9. The summed E-state index contributed by atoms with van der Waals surface area (Å²) in [6, 6.07) is 9.64. The lowest BCUT2D eigenvalue weighted by Gasteiger charge is -2.15. The summed E-state index contributed by atoms with van der Waals surface area (Å²) in [5.74, 6) is 0.159. The molecule has 1 unspecified atom stereocenters. The Morgan fingerprint density at radius 1 is 1.07 bits per heavy atom. The molecule has 28 heavy (non-hydrogen) atoms. The molecule has 0 aliphatic rings. The van der Waals surface area contributed by atoms with Crippen molar-refractivity contribution in [2.24, 2.45) is 5.92 Å². The lowest BCUT2D eigenvalue weighted by Crippen LogP contribution is -2.10. The highest BCUT2D eigenvalue weighted by atomic mass is 16.5. The minimum Gasteiger partial charge on any atom is -0.466 e. The minimum atomic E-state index is -0.441. The van der Waals surface area contributed by atoms with Crippen LogP contribution in [0.2, 0.25) is 0 Å². The first-order valence-electron chi connectivity index (χ1n) is 10.1. The van der Waals surface area contributed by atoms with E-state index in [9.17, 15) is 9.59 Å². The number of carbonyl (C=O) groups is 2. The Labute approximate surface area is 167 Å². The Bertz CT molecular complexity index is 800. The monoisotopic (exact) mass is 385 g/mol. The van der Waals surface area contributed by atoms with E-state index in [0.29, 0.717) is 24.6 Å². The molecular weight excluding hydrogens is 354 g/mol. The maximum atomic E-state index is 12.0. The molecule has 1 atom stereocenters. The summed E-state index contributed by atoms with van der Waals surface area (Å²) in [4.78, 5) is 28.4. The van der Waals surface area contributed by atoms with Crippen LogP contribution in [0, 0.1) is 5.92 Å². The first-order chi connectivity index (χ1) is 13.4. The van der Waals surface area contributed by atoms with E-state index in [1.54, 1.807) is 6.07 Å². The Hall–Kier alpha value is -2.43. The van der Waals surface area contributed by atoms with E-state index >= 15 is 0 Å². The molecule has 5 nitrogen and oxygen atoms in total. The fourth-order valence-electron chi connectivity index (χ4n) is 3.25. The number of methoxy groups -OCH3 is 1. The van der Waals surface area contributed by atoms with Crippen molar-refractivity contribution in [3.05, 3.63) is 41.7 Å². The molecule has 0 radical (unpaired) electrons. The van der Waals surface area contributed by atoms with Gasteiger partial charge in [0.15, 0.2) is 0 Å². The molecule has 0 N–H and O–H groups in total. The standard InChI is InChI=1S/C23H31NO4/c1-16(2)9-8-14-28-21(25)13-7-10-17(3)22-19-12-6-5-11-18(19)15-20(24-22)23(26)27-4/h5-6,11-12,15-17H,7-10,13-14H2,1-4H3. The van der Waals surface area contributed by atoms with Gasteiger partial charge in [-0.2, -0.15) is 0 Å². The Balaban J connectivity index is 1.96. The molecule has 152 valence electrons. The van der Waals surface area contributed by atoms with Crippen LogP contribution >= 0.6 is 0 Å². The third-order valence-corrected chi connectivity index (χ3v) is 4.84. The Morgan fingerprint density at radius 3 is 2.54 bits per heavy atom. The molecule has 5 heteroatoms. The van der Waals surface area contributed by atoms with Crippen molar-refractivity contribution in [1.82, 2.24) is 4.98 Å². The van der Waals surface area contributed by atoms with Crippen LogP contribution in [0.5, 0.6) is 0 Å². The average molecular weight is 386 g/mol. The lowest BCUT2D eigenvalue weighted by molar-refractivity contribution is -0.143. The SMILES string of the molecule is COC(=O)c1cc2ccccc2c(C(C)CCCC(=O)OCCCC(C)C)n1. The summed E-state index contributed by atoms with van der Waals surface area (Å²) >= 11 is 0. The summed E-state index contributed by atoms with van der Waals surface area (Å²) in [6.07, 6.45) is 3.90. The van der Waals surface area contributed by atoms with Crippen molar-refractivity contribution in [1.29, 1.82) is 0 Å². The second-order valence-corrected chi connectivity index (χ2v) is 7.66. The number of aromatic nitrogens is 1. The van der Waals surface area contributed by atoms with Crippen LogP contribution in [0.25, 0.3) is 10.8 Å². The van der Waals surface area contributed by atoms with E-state index in [1.807, 2.05) is 24.3 Å². The van der Waals surface area contributed by atoms with E-state index in [1.165, 1.54) is 7.11 Å². The predicted molar refractivity (Wildman–Crippen MR) is 110 cm³/mol. The van der Waals surface area contributed by atoms with Crippen molar-refractivity contribution < 1.29 is 19.1 Å². The number of fused-ring (bicyclic) bond motifs is 1. The number of rotatable bonds is 10. The topological polar surface area (TPSA) is 65.5 Å². The molecule has 0 spiro atoms. The molecular formula is C23H31NO4. The van der Waals surface area contributed by atoms with Crippen LogP contribution < -0.4 is 0 Å². The van der Waals surface area contributed by atoms with Gasteiger partial charge in [-0.25, -0.2) is 9.78 Å². The van der Waals surface area contributed by atoms with Crippen LogP contribution in [0.15, 0.2) is 30.3 Å². The maximum absolute atomic E-state index is 12.0.